The predicted molar refractivity (Wildman–Crippen MR) is 93.0 cm³/mol. The van der Waals surface area contributed by atoms with E-state index in [1.54, 1.807) is 6.20 Å². The van der Waals surface area contributed by atoms with Crippen LogP contribution in [0.3, 0.4) is 0 Å². The zero-order valence-electron chi connectivity index (χ0n) is 12.9. The van der Waals surface area contributed by atoms with Gasteiger partial charge in [-0.1, -0.05) is 0 Å². The largest absolute Gasteiger partial charge is 0.384 e. The van der Waals surface area contributed by atoms with Crippen LogP contribution in [0.4, 0.5) is 10.2 Å². The fourth-order valence-electron chi connectivity index (χ4n) is 2.83. The predicted octanol–water partition coefficient (Wildman–Crippen LogP) is 1.39. The van der Waals surface area contributed by atoms with E-state index < -0.39 is 23.2 Å². The van der Waals surface area contributed by atoms with Crippen molar-refractivity contribution < 1.29 is 14.0 Å². The molecule has 2 amide bonds. The Labute approximate surface area is 153 Å². The van der Waals surface area contributed by atoms with E-state index in [0.717, 1.165) is 16.7 Å². The lowest BCUT2D eigenvalue weighted by molar-refractivity contribution is 0.0880. The van der Waals surface area contributed by atoms with E-state index in [-0.39, 0.29) is 22.6 Å². The van der Waals surface area contributed by atoms with Crippen molar-refractivity contribution in [2.75, 3.05) is 5.73 Å². The number of rotatable bonds is 2. The minimum atomic E-state index is -0.712. The first-order valence-corrected chi connectivity index (χ1v) is 8.08. The summed E-state index contributed by atoms with van der Waals surface area (Å²) in [4.78, 5) is 36.3. The lowest BCUT2D eigenvalue weighted by Gasteiger charge is -2.15. The van der Waals surface area contributed by atoms with Gasteiger partial charge < -0.3 is 5.73 Å². The summed E-state index contributed by atoms with van der Waals surface area (Å²) in [7, 11) is 0. The molecule has 8 nitrogen and oxygen atoms in total. The molecule has 0 saturated heterocycles. The molecule has 0 aliphatic carbocycles. The Hall–Kier alpha value is -3.27. The number of nitrogens with two attached hydrogens (primary N) is 1. The van der Waals surface area contributed by atoms with E-state index >= 15 is 0 Å². The highest BCUT2D eigenvalue weighted by molar-refractivity contribution is 9.10. The van der Waals surface area contributed by atoms with Gasteiger partial charge in [0, 0.05) is 18.3 Å². The maximum Gasteiger partial charge on any atom is 0.262 e. The molecule has 0 bridgehead atoms. The molecule has 10 heteroatoms. The van der Waals surface area contributed by atoms with Gasteiger partial charge in [0.15, 0.2) is 0 Å². The summed E-state index contributed by atoms with van der Waals surface area (Å²) in [6.45, 7) is 0. The van der Waals surface area contributed by atoms with Crippen LogP contribution < -0.4 is 16.6 Å². The second kappa shape index (κ2) is 5.63. The number of fused-ring (bicyclic) bond motifs is 1. The number of nitrogens with one attached hydrogen (secondary N) is 1. The Morgan fingerprint density at radius 1 is 1.12 bits per heavy atom. The summed E-state index contributed by atoms with van der Waals surface area (Å²) in [5.41, 5.74) is 5.55. The number of benzene rings is 1. The Morgan fingerprint density at radius 3 is 2.58 bits per heavy atom. The molecule has 0 saturated carbocycles. The second-order valence-corrected chi connectivity index (χ2v) is 6.43. The summed E-state index contributed by atoms with van der Waals surface area (Å²) < 4.78 is 17.0. The third-order valence-electron chi connectivity index (χ3n) is 3.93. The number of amides is 2. The Kier molecular flexibility index (Phi) is 3.51. The van der Waals surface area contributed by atoms with Crippen LogP contribution in [-0.2, 0) is 0 Å². The monoisotopic (exact) mass is 417 g/mol. The van der Waals surface area contributed by atoms with Crippen molar-refractivity contribution in [2.24, 2.45) is 0 Å². The van der Waals surface area contributed by atoms with Crippen molar-refractivity contribution in [3.05, 3.63) is 68.4 Å². The molecule has 0 unspecified atom stereocenters. The lowest BCUT2D eigenvalue weighted by Crippen LogP contribution is -2.25. The molecule has 3 N–H and O–H groups in total. The molecule has 3 heterocycles. The molecule has 1 aliphatic heterocycles. The summed E-state index contributed by atoms with van der Waals surface area (Å²) in [5.74, 6) is -2.27. The Balaban J connectivity index is 2.05. The molecule has 1 aromatic carbocycles. The fraction of sp³-hybridized carbons (Fsp3) is 0. The number of hydrogen-bond acceptors (Lipinski definition) is 5. The van der Waals surface area contributed by atoms with Gasteiger partial charge in [0.2, 0.25) is 0 Å². The average Bonchev–Trinajstić information content (AvgIpc) is 3.11. The van der Waals surface area contributed by atoms with Gasteiger partial charge in [0.1, 0.15) is 11.6 Å². The lowest BCUT2D eigenvalue weighted by atomic mass is 10.1. The Bertz CT molecular complexity index is 1170. The molecule has 0 radical (unpaired) electrons. The SMILES string of the molecule is Nc1c2c(cc(=O)n1-c1cc(F)ccc1-n1cc(Br)cn1)C(=O)NC2=O. The number of carbonyl (C=O) groups excluding carboxylic acids is 2. The van der Waals surface area contributed by atoms with Gasteiger partial charge in [-0.3, -0.25) is 24.3 Å². The van der Waals surface area contributed by atoms with Crippen LogP contribution in [0.25, 0.3) is 11.4 Å². The number of aromatic nitrogens is 3. The van der Waals surface area contributed by atoms with E-state index in [1.165, 1.54) is 23.0 Å². The van der Waals surface area contributed by atoms with E-state index in [1.807, 2.05) is 0 Å². The number of hydrogen-bond donors (Lipinski definition) is 2. The molecule has 0 spiro atoms. The minimum absolute atomic E-state index is 0.0815. The van der Waals surface area contributed by atoms with Crippen molar-refractivity contribution in [3.63, 3.8) is 0 Å². The highest BCUT2D eigenvalue weighted by Crippen LogP contribution is 2.27. The van der Waals surface area contributed by atoms with Crippen molar-refractivity contribution in [2.45, 2.75) is 0 Å². The molecule has 1 aliphatic rings. The number of nitrogens with zero attached hydrogens (tertiary/aromatic N) is 3. The van der Waals surface area contributed by atoms with Crippen LogP contribution in [0, 0.1) is 5.82 Å². The number of nitrogen functional groups attached to an aromatic ring is 1. The number of pyridine rings is 1. The third kappa shape index (κ3) is 2.34. The average molecular weight is 418 g/mol. The number of carbonyl (C=O) groups is 2. The fourth-order valence-corrected chi connectivity index (χ4v) is 3.12. The van der Waals surface area contributed by atoms with Crippen molar-refractivity contribution in [3.8, 4) is 11.4 Å². The first-order chi connectivity index (χ1) is 12.4. The summed E-state index contributed by atoms with van der Waals surface area (Å²) in [5, 5.41) is 6.20. The zero-order valence-corrected chi connectivity index (χ0v) is 14.4. The first kappa shape index (κ1) is 16.2. The first-order valence-electron chi connectivity index (χ1n) is 7.28. The quantitative estimate of drug-likeness (QED) is 0.611. The summed E-state index contributed by atoms with van der Waals surface area (Å²) in [6.07, 6.45) is 3.13. The van der Waals surface area contributed by atoms with E-state index in [4.69, 9.17) is 5.73 Å². The molecule has 2 aromatic heterocycles. The molecule has 26 heavy (non-hydrogen) atoms. The highest BCUT2D eigenvalue weighted by atomic mass is 79.9. The normalized spacial score (nSPS) is 13.0. The number of imide groups is 1. The standard InChI is InChI=1S/C16H9BrFN5O3/c17-7-5-20-22(6-7)10-2-1-8(18)3-11(10)23-12(24)4-9-13(14(23)19)16(26)21-15(9)25/h1-6H,19H2,(H,21,25,26). The molecule has 0 fully saturated rings. The van der Waals surface area contributed by atoms with Crippen molar-refractivity contribution in [1.82, 2.24) is 19.7 Å². The molecular formula is C16H9BrFN5O3. The van der Waals surface area contributed by atoms with Crippen LogP contribution >= 0.6 is 15.9 Å². The molecule has 130 valence electrons. The maximum atomic E-state index is 13.9. The van der Waals surface area contributed by atoms with Gasteiger partial charge in [-0.25, -0.2) is 9.07 Å². The van der Waals surface area contributed by atoms with Gasteiger partial charge in [-0.15, -0.1) is 0 Å². The third-order valence-corrected chi connectivity index (χ3v) is 4.34. The van der Waals surface area contributed by atoms with Gasteiger partial charge in [-0.2, -0.15) is 5.10 Å². The maximum absolute atomic E-state index is 13.9. The smallest absolute Gasteiger partial charge is 0.262 e. The minimum Gasteiger partial charge on any atom is -0.384 e. The highest BCUT2D eigenvalue weighted by Gasteiger charge is 2.32. The molecule has 0 atom stereocenters. The van der Waals surface area contributed by atoms with Crippen LogP contribution in [0.5, 0.6) is 0 Å². The van der Waals surface area contributed by atoms with E-state index in [2.05, 4.69) is 26.3 Å². The summed E-state index contributed by atoms with van der Waals surface area (Å²) >= 11 is 3.27. The van der Waals surface area contributed by atoms with Crippen LogP contribution in [0.1, 0.15) is 20.7 Å². The topological polar surface area (TPSA) is 112 Å². The number of anilines is 1. The van der Waals surface area contributed by atoms with Gasteiger partial charge in [0.05, 0.1) is 33.2 Å². The van der Waals surface area contributed by atoms with Gasteiger partial charge in [-0.05, 0) is 28.1 Å². The van der Waals surface area contributed by atoms with Crippen molar-refractivity contribution >= 4 is 33.6 Å². The number of halogens is 2. The second-order valence-electron chi connectivity index (χ2n) is 5.51. The molecule has 3 aromatic rings. The molecular weight excluding hydrogens is 409 g/mol. The Morgan fingerprint density at radius 2 is 1.88 bits per heavy atom. The van der Waals surface area contributed by atoms with E-state index in [0.29, 0.717) is 10.2 Å². The molecule has 4 rings (SSSR count). The summed E-state index contributed by atoms with van der Waals surface area (Å²) in [6, 6.07) is 4.73. The van der Waals surface area contributed by atoms with E-state index in [9.17, 15) is 18.8 Å². The van der Waals surface area contributed by atoms with Crippen molar-refractivity contribution in [1.29, 1.82) is 0 Å². The van der Waals surface area contributed by atoms with Crippen LogP contribution in [0.2, 0.25) is 0 Å². The zero-order chi connectivity index (χ0) is 18.6. The van der Waals surface area contributed by atoms with Crippen LogP contribution in [0.15, 0.2) is 45.9 Å². The van der Waals surface area contributed by atoms with Gasteiger partial charge in [0.25, 0.3) is 17.4 Å². The van der Waals surface area contributed by atoms with Gasteiger partial charge >= 0.3 is 0 Å². The van der Waals surface area contributed by atoms with Crippen LogP contribution in [-0.4, -0.2) is 26.2 Å².